The first kappa shape index (κ1) is 23.2. The third-order valence-corrected chi connectivity index (χ3v) is 5.76. The number of carbonyl (C=O) groups is 3. The van der Waals surface area contributed by atoms with Crippen molar-refractivity contribution in [3.05, 3.63) is 83.4 Å². The lowest BCUT2D eigenvalue weighted by molar-refractivity contribution is -0.139. The molecule has 7 nitrogen and oxygen atoms in total. The average Bonchev–Trinajstić information content (AvgIpc) is 3.37. The Morgan fingerprint density at radius 2 is 1.56 bits per heavy atom. The van der Waals surface area contributed by atoms with Gasteiger partial charge in [-0.15, -0.1) is 0 Å². The highest BCUT2D eigenvalue weighted by molar-refractivity contribution is 6.00. The Kier molecular flexibility index (Phi) is 7.04. The standard InChI is InChI=1S/C27H27N3O4/c1-17-5-14-23(18(2)16-17)30-27(33)29-22-12-10-20(11-13-22)19-6-8-21(9-7-19)25(31)34-26(32)24-4-3-15-28-24/h5-14,16,24,28H,3-4,15H2,1-2H3,(H2,29,30,33)/t24-/m1/s1. The number of amides is 2. The molecule has 0 radical (unpaired) electrons. The Balaban J connectivity index is 1.34. The van der Waals surface area contributed by atoms with E-state index in [1.165, 1.54) is 0 Å². The highest BCUT2D eigenvalue weighted by Crippen LogP contribution is 2.23. The number of benzene rings is 3. The number of carbonyl (C=O) groups excluding carboxylic acids is 3. The van der Waals surface area contributed by atoms with Crippen molar-refractivity contribution in [2.45, 2.75) is 32.7 Å². The Labute approximate surface area is 198 Å². The lowest BCUT2D eigenvalue weighted by Crippen LogP contribution is -2.33. The van der Waals surface area contributed by atoms with E-state index in [0.29, 0.717) is 17.7 Å². The van der Waals surface area contributed by atoms with Gasteiger partial charge in [0.15, 0.2) is 0 Å². The maximum atomic E-state index is 12.3. The molecule has 0 spiro atoms. The molecule has 2 amide bonds. The van der Waals surface area contributed by atoms with Gasteiger partial charge in [0, 0.05) is 11.4 Å². The maximum absolute atomic E-state index is 12.3. The summed E-state index contributed by atoms with van der Waals surface area (Å²) in [7, 11) is 0. The van der Waals surface area contributed by atoms with E-state index in [-0.39, 0.29) is 6.03 Å². The lowest BCUT2D eigenvalue weighted by Gasteiger charge is -2.11. The van der Waals surface area contributed by atoms with Crippen molar-refractivity contribution in [3.8, 4) is 11.1 Å². The molecule has 3 aromatic carbocycles. The summed E-state index contributed by atoms with van der Waals surface area (Å²) in [6, 6.07) is 19.4. The Morgan fingerprint density at radius 1 is 0.882 bits per heavy atom. The number of nitrogens with one attached hydrogen (secondary N) is 3. The van der Waals surface area contributed by atoms with E-state index in [1.54, 1.807) is 24.3 Å². The van der Waals surface area contributed by atoms with Crippen LogP contribution in [0.3, 0.4) is 0 Å². The topological polar surface area (TPSA) is 96.5 Å². The first-order chi connectivity index (χ1) is 16.4. The normalized spacial score (nSPS) is 14.9. The second kappa shape index (κ2) is 10.3. The van der Waals surface area contributed by atoms with Crippen molar-refractivity contribution in [1.82, 2.24) is 5.32 Å². The van der Waals surface area contributed by atoms with Crippen LogP contribution in [0.25, 0.3) is 11.1 Å². The quantitative estimate of drug-likeness (QED) is 0.368. The molecule has 0 bridgehead atoms. The zero-order valence-corrected chi connectivity index (χ0v) is 19.2. The van der Waals surface area contributed by atoms with Gasteiger partial charge in [0.05, 0.1) is 5.56 Å². The summed E-state index contributed by atoms with van der Waals surface area (Å²) >= 11 is 0. The van der Waals surface area contributed by atoms with Crippen LogP contribution in [0.15, 0.2) is 66.7 Å². The number of urea groups is 1. The van der Waals surface area contributed by atoms with Crippen LogP contribution < -0.4 is 16.0 Å². The summed E-state index contributed by atoms with van der Waals surface area (Å²) in [5.41, 5.74) is 5.69. The van der Waals surface area contributed by atoms with Gasteiger partial charge in [-0.1, -0.05) is 42.0 Å². The van der Waals surface area contributed by atoms with Crippen molar-refractivity contribution in [2.75, 3.05) is 17.2 Å². The molecule has 1 aliphatic heterocycles. The first-order valence-electron chi connectivity index (χ1n) is 11.2. The summed E-state index contributed by atoms with van der Waals surface area (Å²) in [4.78, 5) is 36.6. The highest BCUT2D eigenvalue weighted by atomic mass is 16.6. The van der Waals surface area contributed by atoms with Crippen molar-refractivity contribution < 1.29 is 19.1 Å². The lowest BCUT2D eigenvalue weighted by atomic mass is 10.0. The molecule has 1 aliphatic rings. The number of hydrogen-bond donors (Lipinski definition) is 3. The van der Waals surface area contributed by atoms with Crippen LogP contribution >= 0.6 is 0 Å². The molecule has 3 aromatic rings. The maximum Gasteiger partial charge on any atom is 0.345 e. The molecule has 34 heavy (non-hydrogen) atoms. The van der Waals surface area contributed by atoms with Gasteiger partial charge in [0.2, 0.25) is 0 Å². The number of hydrogen-bond acceptors (Lipinski definition) is 5. The van der Waals surface area contributed by atoms with Gasteiger partial charge in [0.25, 0.3) is 0 Å². The van der Waals surface area contributed by atoms with Crippen molar-refractivity contribution in [2.24, 2.45) is 0 Å². The molecule has 174 valence electrons. The molecule has 1 heterocycles. The summed E-state index contributed by atoms with van der Waals surface area (Å²) in [6.07, 6.45) is 1.58. The van der Waals surface area contributed by atoms with Crippen LogP contribution in [0.5, 0.6) is 0 Å². The zero-order valence-electron chi connectivity index (χ0n) is 19.2. The molecular formula is C27H27N3O4. The van der Waals surface area contributed by atoms with Crippen molar-refractivity contribution >= 4 is 29.3 Å². The molecule has 1 saturated heterocycles. The number of aryl methyl sites for hydroxylation is 2. The zero-order chi connectivity index (χ0) is 24.1. The fourth-order valence-corrected chi connectivity index (χ4v) is 3.89. The molecule has 0 aliphatic carbocycles. The van der Waals surface area contributed by atoms with E-state index in [0.717, 1.165) is 40.9 Å². The predicted molar refractivity (Wildman–Crippen MR) is 132 cm³/mol. The number of rotatable bonds is 5. The monoisotopic (exact) mass is 457 g/mol. The second-order valence-corrected chi connectivity index (χ2v) is 8.41. The van der Waals surface area contributed by atoms with Gasteiger partial charge in [-0.25, -0.2) is 14.4 Å². The molecule has 1 atom stereocenters. The first-order valence-corrected chi connectivity index (χ1v) is 11.2. The van der Waals surface area contributed by atoms with Gasteiger partial charge in [0.1, 0.15) is 6.04 Å². The smallest absolute Gasteiger partial charge is 0.345 e. The SMILES string of the molecule is Cc1ccc(NC(=O)Nc2ccc(-c3ccc(C(=O)OC(=O)[C@H]4CCCN4)cc3)cc2)c(C)c1. The Morgan fingerprint density at radius 3 is 2.18 bits per heavy atom. The fourth-order valence-electron chi connectivity index (χ4n) is 3.89. The summed E-state index contributed by atoms with van der Waals surface area (Å²) in [5.74, 6) is -1.18. The molecule has 0 aromatic heterocycles. The molecule has 0 unspecified atom stereocenters. The predicted octanol–water partition coefficient (Wildman–Crippen LogP) is 5.05. The molecular weight excluding hydrogens is 430 g/mol. The second-order valence-electron chi connectivity index (χ2n) is 8.41. The van der Waals surface area contributed by atoms with Crippen LogP contribution in [-0.4, -0.2) is 30.6 Å². The molecule has 3 N–H and O–H groups in total. The van der Waals surface area contributed by atoms with Crippen LogP contribution in [0.4, 0.5) is 16.2 Å². The summed E-state index contributed by atoms with van der Waals surface area (Å²) in [5, 5.41) is 8.71. The molecule has 0 saturated carbocycles. The van der Waals surface area contributed by atoms with Gasteiger partial charge < -0.3 is 20.7 Å². The minimum absolute atomic E-state index is 0.315. The van der Waals surface area contributed by atoms with E-state index >= 15 is 0 Å². The van der Waals surface area contributed by atoms with E-state index in [4.69, 9.17) is 4.74 Å². The van der Waals surface area contributed by atoms with Crippen molar-refractivity contribution in [3.63, 3.8) is 0 Å². The molecule has 1 fully saturated rings. The van der Waals surface area contributed by atoms with Crippen LogP contribution in [-0.2, 0) is 9.53 Å². The number of esters is 2. The van der Waals surface area contributed by atoms with E-state index in [9.17, 15) is 14.4 Å². The summed E-state index contributed by atoms with van der Waals surface area (Å²) < 4.78 is 4.99. The molecule has 7 heteroatoms. The molecule has 4 rings (SSSR count). The largest absolute Gasteiger partial charge is 0.388 e. The van der Waals surface area contributed by atoms with Crippen LogP contribution in [0.2, 0.25) is 0 Å². The highest BCUT2D eigenvalue weighted by Gasteiger charge is 2.26. The number of anilines is 2. The van der Waals surface area contributed by atoms with Gasteiger partial charge in [-0.05, 0) is 80.3 Å². The van der Waals surface area contributed by atoms with Crippen LogP contribution in [0.1, 0.15) is 34.3 Å². The summed E-state index contributed by atoms with van der Waals surface area (Å²) in [6.45, 7) is 4.72. The van der Waals surface area contributed by atoms with Gasteiger partial charge in [-0.3, -0.25) is 0 Å². The van der Waals surface area contributed by atoms with Crippen molar-refractivity contribution in [1.29, 1.82) is 0 Å². The van der Waals surface area contributed by atoms with E-state index in [2.05, 4.69) is 16.0 Å². The van der Waals surface area contributed by atoms with Crippen LogP contribution in [0, 0.1) is 13.8 Å². The Bertz CT molecular complexity index is 1200. The number of ether oxygens (including phenoxy) is 1. The van der Waals surface area contributed by atoms with E-state index < -0.39 is 18.0 Å². The van der Waals surface area contributed by atoms with Gasteiger partial charge in [-0.2, -0.15) is 0 Å². The average molecular weight is 458 g/mol. The minimum atomic E-state index is -0.653. The minimum Gasteiger partial charge on any atom is -0.388 e. The third kappa shape index (κ3) is 5.68. The van der Waals surface area contributed by atoms with Gasteiger partial charge >= 0.3 is 18.0 Å². The Hall–Kier alpha value is -3.97. The fraction of sp³-hybridized carbons (Fsp3) is 0.222. The third-order valence-electron chi connectivity index (χ3n) is 5.76. The van der Waals surface area contributed by atoms with E-state index in [1.807, 2.05) is 56.3 Å².